The molecular weight excluding hydrogens is 707 g/mol. The number of phenols is 2. The molecule has 9 atom stereocenters. The van der Waals surface area contributed by atoms with Crippen LogP contribution in [0.15, 0.2) is 30.3 Å². The van der Waals surface area contributed by atoms with Crippen molar-refractivity contribution in [1.82, 2.24) is 0 Å². The molecule has 0 aliphatic heterocycles. The van der Waals surface area contributed by atoms with Gasteiger partial charge in [0.05, 0.1) is 10.0 Å². The van der Waals surface area contributed by atoms with Crippen LogP contribution < -0.4 is 0 Å². The Hall–Kier alpha value is -2.70. The first kappa shape index (κ1) is 40.0. The lowest BCUT2D eigenvalue weighted by atomic mass is 9.42. The van der Waals surface area contributed by atoms with Gasteiger partial charge in [0.2, 0.25) is 0 Å². The largest absolute Gasteiger partial charge is 0.505 e. The molecule has 4 aliphatic rings. The van der Waals surface area contributed by atoms with E-state index < -0.39 is 23.4 Å². The summed E-state index contributed by atoms with van der Waals surface area (Å²) in [5.74, 6) is 2.15. The number of fused-ring (bicyclic) bond motifs is 5. The molecule has 6 nitrogen and oxygen atoms in total. The molecule has 2 aromatic rings. The maximum absolute atomic E-state index is 12.1. The highest BCUT2D eigenvalue weighted by atomic mass is 35.5. The van der Waals surface area contributed by atoms with Crippen LogP contribution in [0.3, 0.4) is 0 Å². The molecule has 4 N–H and O–H groups in total. The summed E-state index contributed by atoms with van der Waals surface area (Å²) in [6, 6.07) is 5.73. The zero-order valence-corrected chi connectivity index (χ0v) is 33.8. The Bertz CT molecular complexity index is 1660. The number of hydrogen-bond acceptors (Lipinski definition) is 4. The van der Waals surface area contributed by atoms with E-state index in [4.69, 9.17) is 23.2 Å². The van der Waals surface area contributed by atoms with Crippen molar-refractivity contribution >= 4 is 40.7 Å². The van der Waals surface area contributed by atoms with Gasteiger partial charge >= 0.3 is 11.9 Å². The number of halogens is 2. The average Bonchev–Trinajstić information content (AvgIpc) is 3.46. The van der Waals surface area contributed by atoms with E-state index in [1.165, 1.54) is 101 Å². The molecule has 4 aliphatic carbocycles. The Morgan fingerprint density at radius 1 is 0.792 bits per heavy atom. The van der Waals surface area contributed by atoms with Crippen LogP contribution in [0.5, 0.6) is 11.5 Å². The number of allylic oxidation sites excluding steroid dienone is 1. The van der Waals surface area contributed by atoms with E-state index in [0.717, 1.165) is 41.9 Å². The van der Waals surface area contributed by atoms with Crippen molar-refractivity contribution in [2.24, 2.45) is 58.2 Å². The first-order valence-electron chi connectivity index (χ1n) is 20.3. The molecule has 2 aromatic carbocycles. The van der Waals surface area contributed by atoms with Crippen LogP contribution in [0, 0.1) is 58.2 Å². The second-order valence-corrected chi connectivity index (χ2v) is 19.1. The molecule has 0 aromatic heterocycles. The first-order chi connectivity index (χ1) is 25.1. The summed E-state index contributed by atoms with van der Waals surface area (Å²) in [6.45, 7) is 12.5. The Morgan fingerprint density at radius 2 is 1.40 bits per heavy atom. The van der Waals surface area contributed by atoms with Crippen molar-refractivity contribution in [3.63, 3.8) is 0 Å². The molecule has 4 saturated carbocycles. The summed E-state index contributed by atoms with van der Waals surface area (Å²) in [5.41, 5.74) is 1.48. The predicted octanol–water partition coefficient (Wildman–Crippen LogP) is 12.8. The molecular formula is C45H60Cl2O6. The van der Waals surface area contributed by atoms with Crippen LogP contribution in [-0.4, -0.2) is 32.4 Å². The number of aromatic carboxylic acids is 2. The van der Waals surface area contributed by atoms with E-state index >= 15 is 0 Å². The van der Waals surface area contributed by atoms with E-state index in [1.54, 1.807) is 0 Å². The molecule has 290 valence electrons. The maximum Gasteiger partial charge on any atom is 0.339 e. The molecule has 6 rings (SSSR count). The third-order valence-electron chi connectivity index (χ3n) is 15.1. The molecule has 0 spiro atoms. The minimum atomic E-state index is -1.33. The molecule has 0 heterocycles. The summed E-state index contributed by atoms with van der Waals surface area (Å²) in [7, 11) is 0. The fraction of sp³-hybridized carbons (Fsp3) is 0.644. The molecule has 0 radical (unpaired) electrons. The Kier molecular flexibility index (Phi) is 11.9. The average molecular weight is 768 g/mol. The summed E-state index contributed by atoms with van der Waals surface area (Å²) >= 11 is 12.7. The highest BCUT2D eigenvalue weighted by molar-refractivity contribution is 6.33. The SMILES string of the molecule is CC(C)CCC[C@@H](C)[C@H]1CC[C@H]2[C@@H]3C[C@@H](CCC=C(c4cc(Cl)c(O)c(C(=O)O)c4)c4cc(Cl)c(O)c(C(=O)O)c4)[C@H]4CCCC[C@]4(C)[C@H]3CC[C@]12C. The van der Waals surface area contributed by atoms with E-state index in [9.17, 15) is 30.0 Å². The van der Waals surface area contributed by atoms with E-state index in [2.05, 4.69) is 34.6 Å². The van der Waals surface area contributed by atoms with Gasteiger partial charge in [0.15, 0.2) is 0 Å². The Balaban J connectivity index is 1.32. The van der Waals surface area contributed by atoms with Gasteiger partial charge in [-0.1, -0.05) is 96.0 Å². The van der Waals surface area contributed by atoms with Gasteiger partial charge < -0.3 is 20.4 Å². The third-order valence-corrected chi connectivity index (χ3v) is 15.6. The van der Waals surface area contributed by atoms with E-state index in [0.29, 0.717) is 45.8 Å². The summed E-state index contributed by atoms with van der Waals surface area (Å²) < 4.78 is 0. The van der Waals surface area contributed by atoms with Crippen LogP contribution in [0.2, 0.25) is 10.0 Å². The van der Waals surface area contributed by atoms with Crippen LogP contribution in [-0.2, 0) is 0 Å². The zero-order valence-electron chi connectivity index (χ0n) is 32.3. The quantitative estimate of drug-likeness (QED) is 0.171. The van der Waals surface area contributed by atoms with Gasteiger partial charge in [-0.2, -0.15) is 0 Å². The van der Waals surface area contributed by atoms with Crippen LogP contribution in [0.1, 0.15) is 156 Å². The van der Waals surface area contributed by atoms with Gasteiger partial charge in [0, 0.05) is 0 Å². The molecule has 4 fully saturated rings. The van der Waals surface area contributed by atoms with Gasteiger partial charge in [-0.25, -0.2) is 9.59 Å². The van der Waals surface area contributed by atoms with Crippen molar-refractivity contribution in [1.29, 1.82) is 0 Å². The zero-order chi connectivity index (χ0) is 38.4. The molecule has 0 saturated heterocycles. The van der Waals surface area contributed by atoms with Gasteiger partial charge in [-0.3, -0.25) is 0 Å². The van der Waals surface area contributed by atoms with Crippen molar-refractivity contribution in [3.8, 4) is 11.5 Å². The van der Waals surface area contributed by atoms with Crippen molar-refractivity contribution in [3.05, 3.63) is 62.6 Å². The van der Waals surface area contributed by atoms with Crippen molar-refractivity contribution in [2.45, 2.75) is 125 Å². The lowest BCUT2D eigenvalue weighted by Crippen LogP contribution is -2.55. The minimum Gasteiger partial charge on any atom is -0.505 e. The van der Waals surface area contributed by atoms with Crippen LogP contribution >= 0.6 is 23.2 Å². The Labute approximate surface area is 326 Å². The van der Waals surface area contributed by atoms with E-state index in [-0.39, 0.29) is 21.2 Å². The fourth-order valence-corrected chi connectivity index (χ4v) is 13.0. The molecule has 0 bridgehead atoms. The number of aromatic hydroxyl groups is 2. The third kappa shape index (κ3) is 7.62. The molecule has 0 amide bonds. The second kappa shape index (κ2) is 15.8. The molecule has 53 heavy (non-hydrogen) atoms. The summed E-state index contributed by atoms with van der Waals surface area (Å²) in [6.07, 6.45) is 19.6. The number of carbonyl (C=O) groups is 2. The lowest BCUT2D eigenvalue weighted by molar-refractivity contribution is -0.138. The molecule has 8 heteroatoms. The fourth-order valence-electron chi connectivity index (χ4n) is 12.6. The first-order valence-corrected chi connectivity index (χ1v) is 21.0. The smallest absolute Gasteiger partial charge is 0.339 e. The monoisotopic (exact) mass is 766 g/mol. The standard InChI is InChI=1S/C45H60Cl2O6/c1-25(2)10-8-11-26(3)34-15-16-36-31-20-27(35-14-6-7-18-44(35,4)37(31)17-19-45(34,36)5)12-9-13-30(28-21-32(42(50)51)40(48)38(46)23-28)29-22-33(43(52)53)41(49)39(47)24-29/h13,21-27,31,34-37,48-49H,6-12,14-20H2,1-5H3,(H,50,51)(H,52,53)/t26-,27-,31+,34-,35-,36+,37+,44+,45-/m1/s1. The highest BCUT2D eigenvalue weighted by Crippen LogP contribution is 2.69. The van der Waals surface area contributed by atoms with E-state index in [1.807, 2.05) is 6.08 Å². The number of hydrogen-bond donors (Lipinski definition) is 4. The summed E-state index contributed by atoms with van der Waals surface area (Å²) in [5, 5.41) is 40.4. The number of rotatable bonds is 12. The van der Waals surface area contributed by atoms with Gasteiger partial charge in [-0.05, 0) is 157 Å². The van der Waals surface area contributed by atoms with Crippen molar-refractivity contribution < 1.29 is 30.0 Å². The van der Waals surface area contributed by atoms with Gasteiger partial charge in [-0.15, -0.1) is 0 Å². The van der Waals surface area contributed by atoms with Gasteiger partial charge in [0.1, 0.15) is 22.6 Å². The molecule has 0 unspecified atom stereocenters. The lowest BCUT2D eigenvalue weighted by Gasteiger charge is -2.63. The Morgan fingerprint density at radius 3 is 1.98 bits per heavy atom. The van der Waals surface area contributed by atoms with Crippen molar-refractivity contribution in [2.75, 3.05) is 0 Å². The summed E-state index contributed by atoms with van der Waals surface area (Å²) in [4.78, 5) is 24.2. The minimum absolute atomic E-state index is 0.116. The number of carboxylic acid groups (broad SMARTS) is 2. The second-order valence-electron chi connectivity index (χ2n) is 18.3. The van der Waals surface area contributed by atoms with Gasteiger partial charge in [0.25, 0.3) is 0 Å². The highest BCUT2D eigenvalue weighted by Gasteiger charge is 2.61. The number of benzene rings is 2. The van der Waals surface area contributed by atoms with Crippen LogP contribution in [0.25, 0.3) is 5.57 Å². The maximum atomic E-state index is 12.1. The topological polar surface area (TPSA) is 115 Å². The normalized spacial score (nSPS) is 31.3. The number of carboxylic acids is 2. The predicted molar refractivity (Wildman–Crippen MR) is 213 cm³/mol. The van der Waals surface area contributed by atoms with Crippen LogP contribution in [0.4, 0.5) is 0 Å².